The molecule has 1 heterocycles. The van der Waals surface area contributed by atoms with E-state index in [2.05, 4.69) is 6.92 Å². The van der Waals surface area contributed by atoms with E-state index in [9.17, 15) is 9.18 Å². The summed E-state index contributed by atoms with van der Waals surface area (Å²) in [6, 6.07) is 11.9. The van der Waals surface area contributed by atoms with E-state index >= 15 is 0 Å². The lowest BCUT2D eigenvalue weighted by Gasteiger charge is -2.25. The fraction of sp³-hybridized carbons (Fsp3) is 0.350. The van der Waals surface area contributed by atoms with Crippen LogP contribution < -0.4 is 0 Å². The summed E-state index contributed by atoms with van der Waals surface area (Å²) in [7, 11) is 0. The lowest BCUT2D eigenvalue weighted by Crippen LogP contribution is -2.31. The first-order valence-corrected chi connectivity index (χ1v) is 8.72. The number of benzene rings is 2. The van der Waals surface area contributed by atoms with Gasteiger partial charge in [-0.25, -0.2) is 4.39 Å². The van der Waals surface area contributed by atoms with E-state index in [1.54, 1.807) is 29.2 Å². The molecule has 2 nitrogen and oxygen atoms in total. The van der Waals surface area contributed by atoms with Gasteiger partial charge in [-0.15, -0.1) is 0 Å². The molecule has 2 aromatic rings. The van der Waals surface area contributed by atoms with Gasteiger partial charge in [-0.05, 0) is 48.6 Å². The molecular weight excluding hydrogens is 325 g/mol. The maximum atomic E-state index is 14.2. The van der Waals surface area contributed by atoms with Crippen molar-refractivity contribution in [2.24, 2.45) is 5.92 Å². The van der Waals surface area contributed by atoms with Crippen molar-refractivity contribution in [2.75, 3.05) is 6.54 Å². The lowest BCUT2D eigenvalue weighted by atomic mass is 10.00. The number of hydrogen-bond donors (Lipinski definition) is 0. The molecule has 0 aromatic heterocycles. The predicted molar refractivity (Wildman–Crippen MR) is 94.8 cm³/mol. The van der Waals surface area contributed by atoms with E-state index in [-0.39, 0.29) is 17.8 Å². The van der Waals surface area contributed by atoms with Crippen LogP contribution in [0.3, 0.4) is 0 Å². The number of hydrogen-bond acceptors (Lipinski definition) is 1. The molecule has 2 unspecified atom stereocenters. The van der Waals surface area contributed by atoms with Crippen molar-refractivity contribution in [3.8, 4) is 0 Å². The van der Waals surface area contributed by atoms with Gasteiger partial charge < -0.3 is 4.90 Å². The summed E-state index contributed by atoms with van der Waals surface area (Å²) < 4.78 is 14.2. The van der Waals surface area contributed by atoms with Gasteiger partial charge in [0.15, 0.2) is 0 Å². The SMILES string of the molecule is CCc1cc(C(=O)N2CC(C)CC2c2ccccc2F)ccc1Cl. The zero-order valence-electron chi connectivity index (χ0n) is 13.9. The molecule has 1 aliphatic heterocycles. The van der Waals surface area contributed by atoms with Gasteiger partial charge in [-0.2, -0.15) is 0 Å². The number of halogens is 2. The normalized spacial score (nSPS) is 20.4. The van der Waals surface area contributed by atoms with Crippen LogP contribution in [0.15, 0.2) is 42.5 Å². The Morgan fingerprint density at radius 2 is 2.04 bits per heavy atom. The van der Waals surface area contributed by atoms with E-state index in [1.807, 2.05) is 19.1 Å². The number of aryl methyl sites for hydroxylation is 1. The fourth-order valence-electron chi connectivity index (χ4n) is 3.46. The summed E-state index contributed by atoms with van der Waals surface area (Å²) >= 11 is 6.15. The van der Waals surface area contributed by atoms with Gasteiger partial charge >= 0.3 is 0 Å². The Bertz CT molecular complexity index is 761. The van der Waals surface area contributed by atoms with Gasteiger partial charge in [0.05, 0.1) is 6.04 Å². The van der Waals surface area contributed by atoms with Gasteiger partial charge in [-0.1, -0.05) is 43.6 Å². The minimum Gasteiger partial charge on any atom is -0.331 e. The first kappa shape index (κ1) is 17.0. The number of nitrogens with zero attached hydrogens (tertiary/aromatic N) is 1. The zero-order valence-corrected chi connectivity index (χ0v) is 14.7. The van der Waals surface area contributed by atoms with Crippen molar-refractivity contribution in [1.29, 1.82) is 0 Å². The summed E-state index contributed by atoms with van der Waals surface area (Å²) in [4.78, 5) is 14.8. The van der Waals surface area contributed by atoms with Crippen LogP contribution >= 0.6 is 11.6 Å². The number of rotatable bonds is 3. The van der Waals surface area contributed by atoms with Crippen LogP contribution in [0, 0.1) is 11.7 Å². The second-order valence-corrected chi connectivity index (χ2v) is 6.90. The van der Waals surface area contributed by atoms with Crippen molar-refractivity contribution in [1.82, 2.24) is 4.90 Å². The van der Waals surface area contributed by atoms with Crippen LogP contribution in [-0.4, -0.2) is 17.4 Å². The first-order chi connectivity index (χ1) is 11.5. The molecule has 0 aliphatic carbocycles. The molecule has 3 rings (SSSR count). The summed E-state index contributed by atoms with van der Waals surface area (Å²) in [6.45, 7) is 4.75. The molecule has 1 amide bonds. The van der Waals surface area contributed by atoms with E-state index in [0.29, 0.717) is 28.6 Å². The molecule has 0 N–H and O–H groups in total. The molecule has 1 saturated heterocycles. The third kappa shape index (κ3) is 3.18. The Morgan fingerprint density at radius 1 is 1.29 bits per heavy atom. The molecule has 24 heavy (non-hydrogen) atoms. The van der Waals surface area contributed by atoms with Crippen LogP contribution in [-0.2, 0) is 6.42 Å². The van der Waals surface area contributed by atoms with Crippen molar-refractivity contribution < 1.29 is 9.18 Å². The first-order valence-electron chi connectivity index (χ1n) is 8.35. The molecule has 0 saturated carbocycles. The average molecular weight is 346 g/mol. The highest BCUT2D eigenvalue weighted by Gasteiger charge is 2.35. The summed E-state index contributed by atoms with van der Waals surface area (Å²) in [5, 5.41) is 0.675. The van der Waals surface area contributed by atoms with Gasteiger partial charge in [-0.3, -0.25) is 4.79 Å². The Balaban J connectivity index is 1.94. The standard InChI is InChI=1S/C20H21ClFNO/c1-3-14-11-15(8-9-17(14)21)20(24)23-12-13(2)10-19(23)16-6-4-5-7-18(16)22/h4-9,11,13,19H,3,10,12H2,1-2H3. The topological polar surface area (TPSA) is 20.3 Å². The van der Waals surface area contributed by atoms with Gasteiger partial charge in [0.1, 0.15) is 5.82 Å². The third-order valence-electron chi connectivity index (χ3n) is 4.71. The number of amides is 1. The van der Waals surface area contributed by atoms with Crippen molar-refractivity contribution in [2.45, 2.75) is 32.7 Å². The second kappa shape index (κ2) is 6.94. The van der Waals surface area contributed by atoms with Crippen LogP contribution in [0.5, 0.6) is 0 Å². The van der Waals surface area contributed by atoms with E-state index in [0.717, 1.165) is 18.4 Å². The lowest BCUT2D eigenvalue weighted by molar-refractivity contribution is 0.0730. The third-order valence-corrected chi connectivity index (χ3v) is 5.08. The van der Waals surface area contributed by atoms with Crippen molar-refractivity contribution >= 4 is 17.5 Å². The molecule has 2 aromatic carbocycles. The molecule has 0 spiro atoms. The maximum absolute atomic E-state index is 14.2. The minimum absolute atomic E-state index is 0.0565. The smallest absolute Gasteiger partial charge is 0.254 e. The average Bonchev–Trinajstić information content (AvgIpc) is 2.96. The highest BCUT2D eigenvalue weighted by molar-refractivity contribution is 6.31. The molecule has 4 heteroatoms. The maximum Gasteiger partial charge on any atom is 0.254 e. The molecular formula is C20H21ClFNO. The number of carbonyl (C=O) groups is 1. The Hall–Kier alpha value is -1.87. The van der Waals surface area contributed by atoms with E-state index in [4.69, 9.17) is 11.6 Å². The molecule has 1 aliphatic rings. The van der Waals surface area contributed by atoms with Crippen LogP contribution in [0.1, 0.15) is 47.8 Å². The highest BCUT2D eigenvalue weighted by atomic mass is 35.5. The summed E-state index contributed by atoms with van der Waals surface area (Å²) in [5.74, 6) is 0.0372. The van der Waals surface area contributed by atoms with Crippen molar-refractivity contribution in [3.63, 3.8) is 0 Å². The van der Waals surface area contributed by atoms with Crippen LogP contribution in [0.25, 0.3) is 0 Å². The molecule has 0 bridgehead atoms. The predicted octanol–water partition coefficient (Wildman–Crippen LogP) is 5.26. The number of likely N-dealkylation sites (tertiary alicyclic amines) is 1. The molecule has 2 atom stereocenters. The Kier molecular flexibility index (Phi) is 4.91. The highest BCUT2D eigenvalue weighted by Crippen LogP contribution is 2.37. The molecule has 0 radical (unpaired) electrons. The fourth-order valence-corrected chi connectivity index (χ4v) is 3.71. The van der Waals surface area contributed by atoms with E-state index in [1.165, 1.54) is 6.07 Å². The minimum atomic E-state index is -0.250. The Morgan fingerprint density at radius 3 is 2.75 bits per heavy atom. The summed E-state index contributed by atoms with van der Waals surface area (Å²) in [6.07, 6.45) is 1.55. The number of carbonyl (C=O) groups excluding carboxylic acids is 1. The molecule has 1 fully saturated rings. The van der Waals surface area contributed by atoms with Crippen molar-refractivity contribution in [3.05, 3.63) is 70.0 Å². The quantitative estimate of drug-likeness (QED) is 0.742. The zero-order chi connectivity index (χ0) is 17.3. The van der Waals surface area contributed by atoms with Crippen LogP contribution in [0.4, 0.5) is 4.39 Å². The molecule has 126 valence electrons. The van der Waals surface area contributed by atoms with Crippen LogP contribution in [0.2, 0.25) is 5.02 Å². The van der Waals surface area contributed by atoms with Gasteiger partial charge in [0.2, 0.25) is 0 Å². The monoisotopic (exact) mass is 345 g/mol. The van der Waals surface area contributed by atoms with Gasteiger partial charge in [0, 0.05) is 22.7 Å². The second-order valence-electron chi connectivity index (χ2n) is 6.50. The largest absolute Gasteiger partial charge is 0.331 e. The van der Waals surface area contributed by atoms with Gasteiger partial charge in [0.25, 0.3) is 5.91 Å². The summed E-state index contributed by atoms with van der Waals surface area (Å²) in [5.41, 5.74) is 2.17. The Labute approximate surface area is 147 Å². The van der Waals surface area contributed by atoms with E-state index < -0.39 is 0 Å².